The third kappa shape index (κ3) is 1.95. The van der Waals surface area contributed by atoms with E-state index in [0.717, 1.165) is 0 Å². The Morgan fingerprint density at radius 1 is 1.57 bits per heavy atom. The summed E-state index contributed by atoms with van der Waals surface area (Å²) in [6.45, 7) is 3.17. The van der Waals surface area contributed by atoms with Gasteiger partial charge in [0.05, 0.1) is 10.4 Å². The molecule has 0 aliphatic rings. The van der Waals surface area contributed by atoms with E-state index in [-0.39, 0.29) is 5.56 Å². The standard InChI is InChI=1S/C10H10BrFO2/c1-5-3-4-7(11)9(12)8(5)6(2)10(13)14/h3-4,6H,1-2H3,(H,13,14). The molecule has 1 unspecified atom stereocenters. The molecule has 0 radical (unpaired) electrons. The first-order chi connectivity index (χ1) is 6.45. The molecule has 76 valence electrons. The number of carbonyl (C=O) groups is 1. The van der Waals surface area contributed by atoms with Crippen molar-refractivity contribution in [2.24, 2.45) is 0 Å². The first kappa shape index (κ1) is 11.2. The minimum absolute atomic E-state index is 0.242. The Hall–Kier alpha value is -0.900. The molecule has 0 spiro atoms. The van der Waals surface area contributed by atoms with Crippen LogP contribution < -0.4 is 0 Å². The van der Waals surface area contributed by atoms with Gasteiger partial charge in [-0.15, -0.1) is 0 Å². The number of hydrogen-bond acceptors (Lipinski definition) is 1. The normalized spacial score (nSPS) is 12.6. The van der Waals surface area contributed by atoms with Crippen LogP contribution in [0.3, 0.4) is 0 Å². The predicted molar refractivity (Wildman–Crippen MR) is 54.9 cm³/mol. The lowest BCUT2D eigenvalue weighted by molar-refractivity contribution is -0.138. The zero-order chi connectivity index (χ0) is 10.9. The fraction of sp³-hybridized carbons (Fsp3) is 0.300. The summed E-state index contributed by atoms with van der Waals surface area (Å²) >= 11 is 3.03. The fourth-order valence-electron chi connectivity index (χ4n) is 1.32. The van der Waals surface area contributed by atoms with E-state index in [4.69, 9.17) is 5.11 Å². The van der Waals surface area contributed by atoms with E-state index in [9.17, 15) is 9.18 Å². The highest BCUT2D eigenvalue weighted by atomic mass is 79.9. The third-order valence-electron chi connectivity index (χ3n) is 2.15. The van der Waals surface area contributed by atoms with E-state index in [1.54, 1.807) is 19.1 Å². The lowest BCUT2D eigenvalue weighted by Crippen LogP contribution is -2.11. The fourth-order valence-corrected chi connectivity index (χ4v) is 1.66. The molecule has 1 atom stereocenters. The largest absolute Gasteiger partial charge is 0.481 e. The van der Waals surface area contributed by atoms with Gasteiger partial charge in [-0.05, 0) is 41.4 Å². The van der Waals surface area contributed by atoms with Gasteiger partial charge < -0.3 is 5.11 Å². The van der Waals surface area contributed by atoms with Crippen LogP contribution in [0, 0.1) is 12.7 Å². The van der Waals surface area contributed by atoms with Crippen molar-refractivity contribution in [1.29, 1.82) is 0 Å². The molecular weight excluding hydrogens is 251 g/mol. The Labute approximate surface area is 89.9 Å². The highest BCUT2D eigenvalue weighted by Gasteiger charge is 2.21. The summed E-state index contributed by atoms with van der Waals surface area (Å²) in [5.41, 5.74) is 0.896. The Kier molecular flexibility index (Phi) is 3.26. The van der Waals surface area contributed by atoms with Crippen molar-refractivity contribution in [2.75, 3.05) is 0 Å². The molecule has 1 N–H and O–H groups in total. The molecule has 0 aliphatic heterocycles. The van der Waals surface area contributed by atoms with Crippen molar-refractivity contribution in [2.45, 2.75) is 19.8 Å². The van der Waals surface area contributed by atoms with Gasteiger partial charge in [0.2, 0.25) is 0 Å². The van der Waals surface area contributed by atoms with Gasteiger partial charge in [-0.3, -0.25) is 4.79 Å². The molecule has 1 rings (SSSR count). The molecule has 0 aromatic heterocycles. The van der Waals surface area contributed by atoms with E-state index in [1.807, 2.05) is 0 Å². The minimum Gasteiger partial charge on any atom is -0.481 e. The van der Waals surface area contributed by atoms with Gasteiger partial charge in [-0.25, -0.2) is 4.39 Å². The van der Waals surface area contributed by atoms with Crippen LogP contribution in [0.1, 0.15) is 24.0 Å². The molecule has 2 nitrogen and oxygen atoms in total. The molecule has 1 aromatic rings. The second kappa shape index (κ2) is 4.09. The van der Waals surface area contributed by atoms with E-state index >= 15 is 0 Å². The van der Waals surface area contributed by atoms with Gasteiger partial charge in [0.15, 0.2) is 0 Å². The first-order valence-corrected chi connectivity index (χ1v) is 4.91. The molecule has 14 heavy (non-hydrogen) atoms. The number of aliphatic carboxylic acids is 1. The first-order valence-electron chi connectivity index (χ1n) is 4.12. The maximum atomic E-state index is 13.6. The molecule has 0 fully saturated rings. The summed E-state index contributed by atoms with van der Waals surface area (Å²) < 4.78 is 13.9. The lowest BCUT2D eigenvalue weighted by Gasteiger charge is -2.12. The molecule has 1 aromatic carbocycles. The summed E-state index contributed by atoms with van der Waals surface area (Å²) in [4.78, 5) is 10.7. The molecule has 0 saturated heterocycles. The second-order valence-electron chi connectivity index (χ2n) is 3.15. The zero-order valence-corrected chi connectivity index (χ0v) is 9.43. The molecular formula is C10H10BrFO2. The van der Waals surface area contributed by atoms with Crippen LogP contribution in [0.4, 0.5) is 4.39 Å². The Morgan fingerprint density at radius 3 is 2.64 bits per heavy atom. The number of halogens is 2. The van der Waals surface area contributed by atoms with E-state index in [0.29, 0.717) is 10.0 Å². The molecule has 0 bridgehead atoms. The molecule has 0 amide bonds. The van der Waals surface area contributed by atoms with Crippen LogP contribution in [0.25, 0.3) is 0 Å². The van der Waals surface area contributed by atoms with Crippen molar-refractivity contribution >= 4 is 21.9 Å². The van der Waals surface area contributed by atoms with E-state index in [1.165, 1.54) is 6.92 Å². The quantitative estimate of drug-likeness (QED) is 0.888. The van der Waals surface area contributed by atoms with Gasteiger partial charge in [-0.2, -0.15) is 0 Å². The Bertz CT molecular complexity index is 377. The van der Waals surface area contributed by atoms with Gasteiger partial charge in [0.1, 0.15) is 5.82 Å². The highest BCUT2D eigenvalue weighted by Crippen LogP contribution is 2.28. The number of carboxylic acid groups (broad SMARTS) is 1. The second-order valence-corrected chi connectivity index (χ2v) is 4.01. The molecule has 4 heteroatoms. The average Bonchev–Trinajstić information content (AvgIpc) is 2.12. The van der Waals surface area contributed by atoms with Crippen molar-refractivity contribution < 1.29 is 14.3 Å². The van der Waals surface area contributed by atoms with Crippen LogP contribution >= 0.6 is 15.9 Å². The van der Waals surface area contributed by atoms with Gasteiger partial charge >= 0.3 is 5.97 Å². The van der Waals surface area contributed by atoms with Crippen LogP contribution in [0.2, 0.25) is 0 Å². The summed E-state index contributed by atoms with van der Waals surface area (Å²) in [5.74, 6) is -2.34. The smallest absolute Gasteiger partial charge is 0.310 e. The SMILES string of the molecule is Cc1ccc(Br)c(F)c1C(C)C(=O)O. The minimum atomic E-state index is -1.02. The van der Waals surface area contributed by atoms with Crippen molar-refractivity contribution in [1.82, 2.24) is 0 Å². The maximum absolute atomic E-state index is 13.6. The summed E-state index contributed by atoms with van der Waals surface area (Å²) in [7, 11) is 0. The average molecular weight is 261 g/mol. The summed E-state index contributed by atoms with van der Waals surface area (Å²) in [5, 5.41) is 8.79. The number of hydrogen-bond donors (Lipinski definition) is 1. The monoisotopic (exact) mass is 260 g/mol. The maximum Gasteiger partial charge on any atom is 0.310 e. The summed E-state index contributed by atoms with van der Waals surface area (Å²) in [6.07, 6.45) is 0. The van der Waals surface area contributed by atoms with Crippen molar-refractivity contribution in [3.8, 4) is 0 Å². The zero-order valence-electron chi connectivity index (χ0n) is 7.84. The van der Waals surface area contributed by atoms with E-state index < -0.39 is 17.7 Å². The third-order valence-corrected chi connectivity index (χ3v) is 2.77. The predicted octanol–water partition coefficient (Wildman–Crippen LogP) is 3.08. The topological polar surface area (TPSA) is 37.3 Å². The molecule has 0 aliphatic carbocycles. The number of benzene rings is 1. The number of carboxylic acids is 1. The highest BCUT2D eigenvalue weighted by molar-refractivity contribution is 9.10. The summed E-state index contributed by atoms with van der Waals surface area (Å²) in [6, 6.07) is 3.27. The Morgan fingerprint density at radius 2 is 2.14 bits per heavy atom. The van der Waals surface area contributed by atoms with Crippen LogP contribution in [0.15, 0.2) is 16.6 Å². The number of rotatable bonds is 2. The van der Waals surface area contributed by atoms with Gasteiger partial charge in [0.25, 0.3) is 0 Å². The number of aryl methyl sites for hydroxylation is 1. The van der Waals surface area contributed by atoms with E-state index in [2.05, 4.69) is 15.9 Å². The van der Waals surface area contributed by atoms with Crippen LogP contribution in [0.5, 0.6) is 0 Å². The molecule has 0 heterocycles. The van der Waals surface area contributed by atoms with Crippen molar-refractivity contribution in [3.63, 3.8) is 0 Å². The molecule has 0 saturated carbocycles. The van der Waals surface area contributed by atoms with Gasteiger partial charge in [-0.1, -0.05) is 6.07 Å². The lowest BCUT2D eigenvalue weighted by atomic mass is 9.96. The van der Waals surface area contributed by atoms with Crippen molar-refractivity contribution in [3.05, 3.63) is 33.5 Å². The van der Waals surface area contributed by atoms with Crippen LogP contribution in [-0.2, 0) is 4.79 Å². The van der Waals surface area contributed by atoms with Gasteiger partial charge in [0, 0.05) is 5.56 Å². The van der Waals surface area contributed by atoms with Crippen LogP contribution in [-0.4, -0.2) is 11.1 Å². The Balaban J connectivity index is 3.32.